The zero-order valence-electron chi connectivity index (χ0n) is 5.24. The maximum absolute atomic E-state index is 10.5. The van der Waals surface area contributed by atoms with Gasteiger partial charge in [0.15, 0.2) is 0 Å². The molecule has 0 aromatic heterocycles. The lowest BCUT2D eigenvalue weighted by Gasteiger charge is -1.91. The van der Waals surface area contributed by atoms with Crippen LogP contribution in [0.3, 0.4) is 0 Å². The lowest BCUT2D eigenvalue weighted by atomic mass is 10.2. The third-order valence-electron chi connectivity index (χ3n) is 1.02. The van der Waals surface area contributed by atoms with Crippen molar-refractivity contribution in [2.45, 2.75) is 0 Å². The Morgan fingerprint density at radius 3 is 3.20 bits per heavy atom. The average Bonchev–Trinajstić information content (AvgIpc) is 2.12. The highest BCUT2D eigenvalue weighted by molar-refractivity contribution is 5.96. The molecule has 1 heterocycles. The fraction of sp³-hybridized carbons (Fsp3) is 0. The van der Waals surface area contributed by atoms with E-state index in [1.54, 1.807) is 12.2 Å². The number of amides is 1. The van der Waals surface area contributed by atoms with Crippen LogP contribution in [-0.2, 0) is 4.79 Å². The minimum absolute atomic E-state index is 0.414. The predicted octanol–water partition coefficient (Wildman–Crippen LogP) is -0.499. The zero-order chi connectivity index (χ0) is 7.40. The fourth-order valence-corrected chi connectivity index (χ4v) is 0.541. The highest BCUT2D eigenvalue weighted by Gasteiger charge is 1.99. The van der Waals surface area contributed by atoms with Crippen LogP contribution in [0.1, 0.15) is 0 Å². The van der Waals surface area contributed by atoms with Crippen molar-refractivity contribution < 1.29 is 4.79 Å². The van der Waals surface area contributed by atoms with E-state index in [4.69, 9.17) is 5.73 Å². The van der Waals surface area contributed by atoms with E-state index in [0.717, 1.165) is 0 Å². The van der Waals surface area contributed by atoms with E-state index in [9.17, 15) is 4.79 Å². The van der Waals surface area contributed by atoms with Crippen LogP contribution in [0.15, 0.2) is 29.0 Å². The van der Waals surface area contributed by atoms with Crippen molar-refractivity contribution in [3.8, 4) is 0 Å². The Morgan fingerprint density at radius 1 is 1.70 bits per heavy atom. The zero-order valence-corrected chi connectivity index (χ0v) is 5.24. The number of hydrogen-bond acceptors (Lipinski definition) is 3. The molecule has 1 aliphatic rings. The first-order chi connectivity index (χ1) is 4.80. The highest BCUT2D eigenvalue weighted by atomic mass is 16.1. The van der Waals surface area contributed by atoms with Crippen molar-refractivity contribution in [1.29, 1.82) is 0 Å². The summed E-state index contributed by atoms with van der Waals surface area (Å²) in [6.45, 7) is 0. The van der Waals surface area contributed by atoms with Crippen LogP contribution in [0.2, 0.25) is 0 Å². The van der Waals surface area contributed by atoms with Crippen molar-refractivity contribution in [2.24, 2.45) is 10.8 Å². The molecular formula is C6H7N3O. The van der Waals surface area contributed by atoms with Crippen LogP contribution in [0.4, 0.5) is 0 Å². The molecule has 0 fully saturated rings. The number of primary amides is 1. The number of carbonyl (C=O) groups is 1. The second-order valence-corrected chi connectivity index (χ2v) is 1.73. The van der Waals surface area contributed by atoms with Crippen LogP contribution in [-0.4, -0.2) is 12.1 Å². The van der Waals surface area contributed by atoms with E-state index in [2.05, 4.69) is 10.5 Å². The number of hydrazone groups is 1. The topological polar surface area (TPSA) is 67.5 Å². The summed E-state index contributed by atoms with van der Waals surface area (Å²) in [6.07, 6.45) is 6.21. The predicted molar refractivity (Wildman–Crippen MR) is 38.0 cm³/mol. The number of nitrogens with two attached hydrogens (primary N) is 1. The van der Waals surface area contributed by atoms with Crippen molar-refractivity contribution in [3.63, 3.8) is 0 Å². The summed E-state index contributed by atoms with van der Waals surface area (Å²) in [6, 6.07) is 0. The van der Waals surface area contributed by atoms with Gasteiger partial charge >= 0.3 is 0 Å². The highest BCUT2D eigenvalue weighted by Crippen LogP contribution is 1.94. The van der Waals surface area contributed by atoms with E-state index in [1.807, 2.05) is 0 Å². The molecule has 0 spiro atoms. The Hall–Kier alpha value is -1.58. The van der Waals surface area contributed by atoms with Crippen LogP contribution in [0.25, 0.3) is 0 Å². The quantitative estimate of drug-likeness (QED) is 0.511. The molecular weight excluding hydrogens is 130 g/mol. The first kappa shape index (κ1) is 6.54. The van der Waals surface area contributed by atoms with E-state index >= 15 is 0 Å². The van der Waals surface area contributed by atoms with Gasteiger partial charge in [-0.1, -0.05) is 0 Å². The first-order valence-corrected chi connectivity index (χ1v) is 2.76. The van der Waals surface area contributed by atoms with E-state index in [1.165, 1.54) is 12.4 Å². The monoisotopic (exact) mass is 137 g/mol. The Labute approximate surface area is 58.1 Å². The van der Waals surface area contributed by atoms with Crippen molar-refractivity contribution in [3.05, 3.63) is 23.9 Å². The van der Waals surface area contributed by atoms with Crippen molar-refractivity contribution in [1.82, 2.24) is 5.43 Å². The van der Waals surface area contributed by atoms with Gasteiger partial charge in [-0.25, -0.2) is 0 Å². The molecule has 1 amide bonds. The normalized spacial score (nSPS) is 15.4. The number of allylic oxidation sites excluding steroid dienone is 1. The van der Waals surface area contributed by atoms with Crippen LogP contribution < -0.4 is 11.2 Å². The first-order valence-electron chi connectivity index (χ1n) is 2.76. The summed E-state index contributed by atoms with van der Waals surface area (Å²) in [7, 11) is 0. The number of nitrogens with zero attached hydrogens (tertiary/aromatic N) is 1. The summed E-state index contributed by atoms with van der Waals surface area (Å²) in [5.74, 6) is -0.464. The average molecular weight is 137 g/mol. The third-order valence-corrected chi connectivity index (χ3v) is 1.02. The minimum Gasteiger partial charge on any atom is -0.366 e. The number of hydrogen-bond donors (Lipinski definition) is 2. The Morgan fingerprint density at radius 2 is 2.50 bits per heavy atom. The maximum atomic E-state index is 10.5. The number of rotatable bonds is 1. The van der Waals surface area contributed by atoms with Crippen LogP contribution in [0, 0.1) is 0 Å². The second-order valence-electron chi connectivity index (χ2n) is 1.73. The summed E-state index contributed by atoms with van der Waals surface area (Å²) in [5, 5.41) is 3.66. The summed E-state index contributed by atoms with van der Waals surface area (Å²) in [5.41, 5.74) is 7.92. The second kappa shape index (κ2) is 2.82. The van der Waals surface area contributed by atoms with Gasteiger partial charge in [0.1, 0.15) is 0 Å². The van der Waals surface area contributed by atoms with Gasteiger partial charge in [-0.3, -0.25) is 10.2 Å². The molecule has 0 radical (unpaired) electrons. The van der Waals surface area contributed by atoms with Crippen LogP contribution >= 0.6 is 0 Å². The molecule has 1 rings (SSSR count). The molecule has 0 unspecified atom stereocenters. The molecule has 4 heteroatoms. The minimum atomic E-state index is -0.464. The molecule has 0 atom stereocenters. The number of carbonyl (C=O) groups excluding carboxylic acids is 1. The molecule has 0 saturated heterocycles. The van der Waals surface area contributed by atoms with Crippen molar-refractivity contribution in [2.75, 3.05) is 0 Å². The SMILES string of the molecule is NC(=O)C1=CNN=CC=C1. The summed E-state index contributed by atoms with van der Waals surface area (Å²) in [4.78, 5) is 10.5. The molecule has 1 aliphatic heterocycles. The van der Waals surface area contributed by atoms with Gasteiger partial charge in [0.2, 0.25) is 5.91 Å². The fourth-order valence-electron chi connectivity index (χ4n) is 0.541. The Kier molecular flexibility index (Phi) is 1.84. The van der Waals surface area contributed by atoms with E-state index < -0.39 is 5.91 Å². The molecule has 0 aliphatic carbocycles. The third kappa shape index (κ3) is 1.45. The maximum Gasteiger partial charge on any atom is 0.250 e. The molecule has 0 bridgehead atoms. The summed E-state index contributed by atoms with van der Waals surface area (Å²) < 4.78 is 0. The van der Waals surface area contributed by atoms with E-state index in [0.29, 0.717) is 5.57 Å². The van der Waals surface area contributed by atoms with Gasteiger partial charge in [0.05, 0.1) is 5.57 Å². The van der Waals surface area contributed by atoms with Crippen molar-refractivity contribution >= 4 is 12.1 Å². The lowest BCUT2D eigenvalue weighted by molar-refractivity contribution is -0.114. The molecule has 3 N–H and O–H groups in total. The molecule has 52 valence electrons. The summed E-state index contributed by atoms with van der Waals surface area (Å²) >= 11 is 0. The largest absolute Gasteiger partial charge is 0.366 e. The number of nitrogens with one attached hydrogen (secondary N) is 1. The molecule has 4 nitrogen and oxygen atoms in total. The Balaban J connectivity index is 2.78. The molecule has 10 heavy (non-hydrogen) atoms. The standard InChI is InChI=1S/C6H7N3O/c7-6(10)5-2-1-3-8-9-4-5/h1-4,9H,(H2,7,10). The van der Waals surface area contributed by atoms with Gasteiger partial charge in [0, 0.05) is 12.4 Å². The van der Waals surface area contributed by atoms with E-state index in [-0.39, 0.29) is 0 Å². The lowest BCUT2D eigenvalue weighted by Crippen LogP contribution is -2.13. The van der Waals surface area contributed by atoms with Gasteiger partial charge in [0.25, 0.3) is 0 Å². The molecule has 0 aromatic rings. The smallest absolute Gasteiger partial charge is 0.250 e. The Bertz CT molecular complexity index is 227. The van der Waals surface area contributed by atoms with Gasteiger partial charge in [-0.15, -0.1) is 0 Å². The van der Waals surface area contributed by atoms with Gasteiger partial charge < -0.3 is 5.73 Å². The van der Waals surface area contributed by atoms with Gasteiger partial charge in [-0.2, -0.15) is 5.10 Å². The molecule has 0 aromatic carbocycles. The molecule has 0 saturated carbocycles. The van der Waals surface area contributed by atoms with Crippen LogP contribution in [0.5, 0.6) is 0 Å². The van der Waals surface area contributed by atoms with Gasteiger partial charge in [-0.05, 0) is 12.2 Å².